The van der Waals surface area contributed by atoms with Crippen molar-refractivity contribution in [3.8, 4) is 0 Å². The molecule has 108 valence electrons. The molecular weight excluding hydrogens is 252 g/mol. The van der Waals surface area contributed by atoms with Gasteiger partial charge in [-0.25, -0.2) is 0 Å². The van der Waals surface area contributed by atoms with Crippen LogP contribution in [0, 0.1) is 0 Å². The summed E-state index contributed by atoms with van der Waals surface area (Å²) in [6.45, 7) is 6.99. The van der Waals surface area contributed by atoms with E-state index in [9.17, 15) is 5.11 Å². The van der Waals surface area contributed by atoms with Crippen LogP contribution < -0.4 is 5.32 Å². The zero-order valence-electron chi connectivity index (χ0n) is 12.2. The van der Waals surface area contributed by atoms with Crippen LogP contribution in [0.15, 0.2) is 41.4 Å². The summed E-state index contributed by atoms with van der Waals surface area (Å²) >= 11 is 0. The Kier molecular flexibility index (Phi) is 4.52. The lowest BCUT2D eigenvalue weighted by molar-refractivity contribution is 0.203. The Morgan fingerprint density at radius 2 is 2.00 bits per heavy atom. The second-order valence-electron chi connectivity index (χ2n) is 5.86. The summed E-state index contributed by atoms with van der Waals surface area (Å²) in [6.07, 6.45) is 7.31. The molecule has 2 heterocycles. The predicted octanol–water partition coefficient (Wildman–Crippen LogP) is 1.52. The van der Waals surface area contributed by atoms with Crippen LogP contribution in [0.4, 0.5) is 0 Å². The number of aliphatic hydroxyl groups is 1. The summed E-state index contributed by atoms with van der Waals surface area (Å²) in [6, 6.07) is 3.90. The van der Waals surface area contributed by atoms with Gasteiger partial charge in [0.2, 0.25) is 0 Å². The molecule has 1 atom stereocenters. The van der Waals surface area contributed by atoms with E-state index in [2.05, 4.69) is 36.2 Å². The molecule has 0 amide bonds. The van der Waals surface area contributed by atoms with Crippen LogP contribution in [0.2, 0.25) is 0 Å². The van der Waals surface area contributed by atoms with E-state index in [0.717, 1.165) is 11.1 Å². The highest BCUT2D eigenvalue weighted by Crippen LogP contribution is 2.19. The van der Waals surface area contributed by atoms with Gasteiger partial charge in [0.15, 0.2) is 0 Å². The maximum absolute atomic E-state index is 9.54. The maximum Gasteiger partial charge on any atom is 0.0701 e. The van der Waals surface area contributed by atoms with Gasteiger partial charge in [0, 0.05) is 31.4 Å². The molecule has 1 aliphatic rings. The van der Waals surface area contributed by atoms with Crippen LogP contribution in [0.5, 0.6) is 0 Å². The van der Waals surface area contributed by atoms with Gasteiger partial charge in [-0.05, 0) is 44.0 Å². The fourth-order valence-corrected chi connectivity index (χ4v) is 1.92. The molecule has 0 aliphatic carbocycles. The molecule has 0 spiro atoms. The Morgan fingerprint density at radius 3 is 2.60 bits per heavy atom. The van der Waals surface area contributed by atoms with Crippen molar-refractivity contribution in [1.29, 1.82) is 0 Å². The first-order chi connectivity index (χ1) is 9.50. The van der Waals surface area contributed by atoms with E-state index in [-0.39, 0.29) is 18.2 Å². The highest BCUT2D eigenvalue weighted by atomic mass is 16.3. The lowest BCUT2D eigenvalue weighted by atomic mass is 10.0. The van der Waals surface area contributed by atoms with E-state index >= 15 is 0 Å². The van der Waals surface area contributed by atoms with Crippen molar-refractivity contribution in [1.82, 2.24) is 15.3 Å². The zero-order chi connectivity index (χ0) is 14.6. The van der Waals surface area contributed by atoms with Crippen molar-refractivity contribution in [2.24, 2.45) is 5.10 Å². The summed E-state index contributed by atoms with van der Waals surface area (Å²) in [5.74, 6) is 0. The Balaban J connectivity index is 2.01. The molecule has 0 radical (unpaired) electrons. The van der Waals surface area contributed by atoms with E-state index in [0.29, 0.717) is 6.54 Å². The molecule has 1 unspecified atom stereocenters. The average molecular weight is 274 g/mol. The minimum absolute atomic E-state index is 0.0204. The van der Waals surface area contributed by atoms with Crippen LogP contribution in [-0.4, -0.2) is 39.5 Å². The van der Waals surface area contributed by atoms with E-state index in [1.54, 1.807) is 12.4 Å². The molecular formula is C15H22N4O. The Hall–Kier alpha value is -1.72. The lowest BCUT2D eigenvalue weighted by Crippen LogP contribution is -2.42. The first-order valence-electron chi connectivity index (χ1n) is 6.78. The number of rotatable bonds is 4. The van der Waals surface area contributed by atoms with Crippen molar-refractivity contribution in [2.45, 2.75) is 38.9 Å². The summed E-state index contributed by atoms with van der Waals surface area (Å²) in [5.41, 5.74) is 1.99. The molecule has 0 aromatic carbocycles. The predicted molar refractivity (Wildman–Crippen MR) is 80.1 cm³/mol. The minimum Gasteiger partial charge on any atom is -0.392 e. The second-order valence-corrected chi connectivity index (χ2v) is 5.86. The quantitative estimate of drug-likeness (QED) is 0.874. The second kappa shape index (κ2) is 6.15. The van der Waals surface area contributed by atoms with Gasteiger partial charge in [-0.1, -0.05) is 0 Å². The number of aliphatic hydroxyl groups excluding tert-OH is 1. The fraction of sp³-hybridized carbons (Fsp3) is 0.467. The van der Waals surface area contributed by atoms with E-state index in [1.165, 1.54) is 0 Å². The molecule has 5 heteroatoms. The third kappa shape index (κ3) is 3.65. The van der Waals surface area contributed by atoms with Crippen LogP contribution in [-0.2, 0) is 6.54 Å². The molecule has 2 N–H and O–H groups in total. The minimum atomic E-state index is -0.0903. The zero-order valence-corrected chi connectivity index (χ0v) is 12.2. The molecule has 1 aromatic heterocycles. The maximum atomic E-state index is 9.54. The molecule has 0 fully saturated rings. The third-order valence-electron chi connectivity index (χ3n) is 3.17. The molecule has 1 aromatic rings. The standard InChI is InChI=1S/C15H22N4O/c1-15(2,3)19-10-13(11-20)14(9-18-19)17-8-12-4-6-16-7-5-12/h4-7,9-10,14,17,20H,8,11H2,1-3H3. The van der Waals surface area contributed by atoms with E-state index in [1.807, 2.05) is 29.6 Å². The highest BCUT2D eigenvalue weighted by Gasteiger charge is 2.24. The summed E-state index contributed by atoms with van der Waals surface area (Å²) in [5, 5.41) is 19.2. The van der Waals surface area contributed by atoms with Gasteiger partial charge < -0.3 is 10.4 Å². The summed E-state index contributed by atoms with van der Waals surface area (Å²) in [7, 11) is 0. The number of hydrazone groups is 1. The number of aromatic nitrogens is 1. The smallest absolute Gasteiger partial charge is 0.0701 e. The topological polar surface area (TPSA) is 60.8 Å². The highest BCUT2D eigenvalue weighted by molar-refractivity contribution is 5.70. The van der Waals surface area contributed by atoms with Gasteiger partial charge in [0.25, 0.3) is 0 Å². The van der Waals surface area contributed by atoms with E-state index in [4.69, 9.17) is 0 Å². The van der Waals surface area contributed by atoms with Gasteiger partial charge in [0.05, 0.1) is 18.2 Å². The largest absolute Gasteiger partial charge is 0.392 e. The van der Waals surface area contributed by atoms with Crippen molar-refractivity contribution < 1.29 is 5.11 Å². The third-order valence-corrected chi connectivity index (χ3v) is 3.17. The Labute approximate surface area is 120 Å². The fourth-order valence-electron chi connectivity index (χ4n) is 1.92. The normalized spacial score (nSPS) is 19.1. The van der Waals surface area contributed by atoms with Crippen LogP contribution in [0.1, 0.15) is 26.3 Å². The molecule has 20 heavy (non-hydrogen) atoms. The lowest BCUT2D eigenvalue weighted by Gasteiger charge is -2.34. The van der Waals surface area contributed by atoms with Crippen molar-refractivity contribution >= 4 is 6.21 Å². The van der Waals surface area contributed by atoms with Gasteiger partial charge in [0.1, 0.15) is 0 Å². The monoisotopic (exact) mass is 274 g/mol. The summed E-state index contributed by atoms with van der Waals surface area (Å²) in [4.78, 5) is 4.00. The first-order valence-corrected chi connectivity index (χ1v) is 6.78. The number of hydrogen-bond donors (Lipinski definition) is 2. The van der Waals surface area contributed by atoms with Crippen molar-refractivity contribution in [3.63, 3.8) is 0 Å². The van der Waals surface area contributed by atoms with Gasteiger partial charge >= 0.3 is 0 Å². The molecule has 5 nitrogen and oxygen atoms in total. The molecule has 1 aliphatic heterocycles. The first kappa shape index (κ1) is 14.7. The number of nitrogens with one attached hydrogen (secondary N) is 1. The van der Waals surface area contributed by atoms with Gasteiger partial charge in [-0.15, -0.1) is 0 Å². The van der Waals surface area contributed by atoms with Crippen LogP contribution in [0.3, 0.4) is 0 Å². The number of pyridine rings is 1. The van der Waals surface area contributed by atoms with Crippen LogP contribution in [0.25, 0.3) is 0 Å². The molecule has 0 bridgehead atoms. The Morgan fingerprint density at radius 1 is 1.30 bits per heavy atom. The average Bonchev–Trinajstić information content (AvgIpc) is 2.45. The molecule has 0 saturated heterocycles. The number of nitrogens with zero attached hydrogens (tertiary/aromatic N) is 3. The van der Waals surface area contributed by atoms with Crippen LogP contribution >= 0.6 is 0 Å². The van der Waals surface area contributed by atoms with Gasteiger partial charge in [-0.3, -0.25) is 9.99 Å². The van der Waals surface area contributed by atoms with Crippen molar-refractivity contribution in [3.05, 3.63) is 41.9 Å². The van der Waals surface area contributed by atoms with Gasteiger partial charge in [-0.2, -0.15) is 5.10 Å². The molecule has 2 rings (SSSR count). The van der Waals surface area contributed by atoms with E-state index < -0.39 is 0 Å². The Bertz CT molecular complexity index is 490. The van der Waals surface area contributed by atoms with Crippen molar-refractivity contribution in [2.75, 3.05) is 6.61 Å². The number of hydrogen-bond acceptors (Lipinski definition) is 5. The SMILES string of the molecule is CC(C)(C)N1C=C(CO)C(NCc2ccncc2)C=N1. The molecule has 0 saturated carbocycles. The summed E-state index contributed by atoms with van der Waals surface area (Å²) < 4.78 is 0.